The third kappa shape index (κ3) is 7.29. The van der Waals surface area contributed by atoms with Crippen LogP contribution in [-0.4, -0.2) is 34.9 Å². The van der Waals surface area contributed by atoms with E-state index in [1.807, 2.05) is 27.1 Å². The first kappa shape index (κ1) is 21.2. The Kier molecular flexibility index (Phi) is 9.25. The molecular weight excluding hydrogens is 436 g/mol. The van der Waals surface area contributed by atoms with E-state index < -0.39 is 0 Å². The predicted octanol–water partition coefficient (Wildman–Crippen LogP) is 2.70. The van der Waals surface area contributed by atoms with Gasteiger partial charge < -0.3 is 15.4 Å². The van der Waals surface area contributed by atoms with E-state index in [1.165, 1.54) is 6.07 Å². The zero-order valence-corrected chi connectivity index (χ0v) is 17.0. The Bertz CT molecular complexity index is 677. The summed E-state index contributed by atoms with van der Waals surface area (Å²) in [6.45, 7) is 5.67. The first-order valence-electron chi connectivity index (χ1n) is 7.99. The van der Waals surface area contributed by atoms with E-state index in [-0.39, 0.29) is 41.6 Å². The van der Waals surface area contributed by atoms with Gasteiger partial charge in [0, 0.05) is 25.4 Å². The monoisotopic (exact) mass is 461 g/mol. The van der Waals surface area contributed by atoms with Gasteiger partial charge >= 0.3 is 0 Å². The van der Waals surface area contributed by atoms with Crippen LogP contribution < -0.4 is 15.4 Å². The molecule has 0 fully saturated rings. The second kappa shape index (κ2) is 10.9. The lowest BCUT2D eigenvalue weighted by Gasteiger charge is -2.18. The summed E-state index contributed by atoms with van der Waals surface area (Å²) in [7, 11) is 1.87. The molecule has 1 atom stereocenters. The van der Waals surface area contributed by atoms with Crippen molar-refractivity contribution < 1.29 is 9.13 Å². The molecule has 0 aliphatic carbocycles. The van der Waals surface area contributed by atoms with E-state index in [0.717, 1.165) is 12.1 Å². The molecule has 0 spiro atoms. The molecule has 1 aromatic carbocycles. The van der Waals surface area contributed by atoms with E-state index in [4.69, 9.17) is 4.74 Å². The minimum absolute atomic E-state index is 0. The topological polar surface area (TPSA) is 63.5 Å². The molecule has 0 amide bonds. The van der Waals surface area contributed by atoms with Crippen molar-refractivity contribution in [3.8, 4) is 5.75 Å². The second-order valence-corrected chi connectivity index (χ2v) is 5.46. The third-order valence-electron chi connectivity index (χ3n) is 3.24. The van der Waals surface area contributed by atoms with Crippen molar-refractivity contribution in [3.63, 3.8) is 0 Å². The first-order chi connectivity index (χ1) is 11.6. The molecule has 25 heavy (non-hydrogen) atoms. The van der Waals surface area contributed by atoms with E-state index in [1.54, 1.807) is 29.1 Å². The Balaban J connectivity index is 0.00000312. The number of guanidine groups is 1. The van der Waals surface area contributed by atoms with Gasteiger partial charge in [-0.3, -0.25) is 4.68 Å². The van der Waals surface area contributed by atoms with Crippen LogP contribution in [-0.2, 0) is 13.6 Å². The van der Waals surface area contributed by atoms with Crippen molar-refractivity contribution in [1.29, 1.82) is 0 Å². The molecule has 138 valence electrons. The number of aliphatic imine (C=N–C) groups is 1. The Morgan fingerprint density at radius 1 is 1.36 bits per heavy atom. The summed E-state index contributed by atoms with van der Waals surface area (Å²) in [6.07, 6.45) is 3.51. The minimum Gasteiger partial charge on any atom is -0.486 e. The molecular formula is C17H25FIN5O. The fourth-order valence-electron chi connectivity index (χ4n) is 2.10. The van der Waals surface area contributed by atoms with Crippen molar-refractivity contribution in [2.45, 2.75) is 26.5 Å². The van der Waals surface area contributed by atoms with Gasteiger partial charge in [0.15, 0.2) is 17.5 Å². The number of benzene rings is 1. The molecule has 0 aliphatic rings. The number of aryl methyl sites for hydroxylation is 1. The zero-order valence-electron chi connectivity index (χ0n) is 14.7. The highest BCUT2D eigenvalue weighted by molar-refractivity contribution is 14.0. The van der Waals surface area contributed by atoms with Crippen LogP contribution in [0.2, 0.25) is 0 Å². The number of para-hydroxylation sites is 1. The number of nitrogens with one attached hydrogen (secondary N) is 2. The lowest BCUT2D eigenvalue weighted by Crippen LogP contribution is -2.41. The maximum absolute atomic E-state index is 13.6. The van der Waals surface area contributed by atoms with E-state index in [2.05, 4.69) is 20.7 Å². The largest absolute Gasteiger partial charge is 0.486 e. The van der Waals surface area contributed by atoms with Gasteiger partial charge in [-0.05, 0) is 26.0 Å². The lowest BCUT2D eigenvalue weighted by molar-refractivity contribution is 0.214. The molecule has 2 aromatic rings. The van der Waals surface area contributed by atoms with Crippen molar-refractivity contribution >= 4 is 29.9 Å². The van der Waals surface area contributed by atoms with Gasteiger partial charge in [-0.25, -0.2) is 9.38 Å². The SMILES string of the molecule is CCNC(=NCc1cnn(C)c1)NCC(C)Oc1ccccc1F.I. The summed E-state index contributed by atoms with van der Waals surface area (Å²) >= 11 is 0. The number of halogens is 2. The van der Waals surface area contributed by atoms with Crippen molar-refractivity contribution in [2.24, 2.45) is 12.0 Å². The Labute approximate surface area is 164 Å². The molecule has 1 unspecified atom stereocenters. The van der Waals surface area contributed by atoms with E-state index in [0.29, 0.717) is 19.0 Å². The molecule has 8 heteroatoms. The summed E-state index contributed by atoms with van der Waals surface area (Å²) in [6, 6.07) is 6.39. The minimum atomic E-state index is -0.360. The molecule has 0 saturated heterocycles. The molecule has 0 radical (unpaired) electrons. The van der Waals surface area contributed by atoms with Crippen LogP contribution in [0.15, 0.2) is 41.7 Å². The van der Waals surface area contributed by atoms with Gasteiger partial charge in [-0.1, -0.05) is 12.1 Å². The predicted molar refractivity (Wildman–Crippen MR) is 108 cm³/mol. The molecule has 1 aromatic heterocycles. The van der Waals surface area contributed by atoms with Crippen LogP contribution in [0.5, 0.6) is 5.75 Å². The number of ether oxygens (including phenoxy) is 1. The van der Waals surface area contributed by atoms with Gasteiger partial charge in [0.2, 0.25) is 0 Å². The summed E-state index contributed by atoms with van der Waals surface area (Å²) < 4.78 is 20.9. The number of hydrogen-bond acceptors (Lipinski definition) is 3. The van der Waals surface area contributed by atoms with Crippen molar-refractivity contribution in [1.82, 2.24) is 20.4 Å². The summed E-state index contributed by atoms with van der Waals surface area (Å²) in [5.74, 6) is 0.580. The number of aromatic nitrogens is 2. The molecule has 2 rings (SSSR count). The van der Waals surface area contributed by atoms with Gasteiger partial charge in [-0.2, -0.15) is 5.10 Å². The van der Waals surface area contributed by atoms with Crippen LogP contribution in [0.25, 0.3) is 0 Å². The average molecular weight is 461 g/mol. The first-order valence-corrected chi connectivity index (χ1v) is 7.99. The molecule has 6 nitrogen and oxygen atoms in total. The standard InChI is InChI=1S/C17H24FN5O.HI/c1-4-19-17(21-10-14-11-22-23(3)12-14)20-9-13(2)24-16-8-6-5-7-15(16)18;/h5-8,11-13H,4,9-10H2,1-3H3,(H2,19,20,21);1H. The van der Waals surface area contributed by atoms with E-state index in [9.17, 15) is 4.39 Å². The number of nitrogens with zero attached hydrogens (tertiary/aromatic N) is 3. The Morgan fingerprint density at radius 3 is 2.76 bits per heavy atom. The van der Waals surface area contributed by atoms with Crippen LogP contribution in [0.1, 0.15) is 19.4 Å². The Morgan fingerprint density at radius 2 is 2.12 bits per heavy atom. The van der Waals surface area contributed by atoms with Crippen molar-refractivity contribution in [3.05, 3.63) is 48.0 Å². The average Bonchev–Trinajstić information content (AvgIpc) is 2.98. The summed E-state index contributed by atoms with van der Waals surface area (Å²) in [4.78, 5) is 4.51. The molecule has 1 heterocycles. The van der Waals surface area contributed by atoms with Gasteiger partial charge in [-0.15, -0.1) is 24.0 Å². The highest BCUT2D eigenvalue weighted by Crippen LogP contribution is 2.16. The molecule has 2 N–H and O–H groups in total. The van der Waals surface area contributed by atoms with Gasteiger partial charge in [0.05, 0.1) is 19.3 Å². The summed E-state index contributed by atoms with van der Waals surface area (Å²) in [5.41, 5.74) is 1.03. The maximum Gasteiger partial charge on any atom is 0.191 e. The van der Waals surface area contributed by atoms with Gasteiger partial charge in [0.1, 0.15) is 6.10 Å². The quantitative estimate of drug-likeness (QED) is 0.378. The summed E-state index contributed by atoms with van der Waals surface area (Å²) in [5, 5.41) is 10.5. The van der Waals surface area contributed by atoms with Crippen LogP contribution in [0, 0.1) is 5.82 Å². The molecule has 0 bridgehead atoms. The fraction of sp³-hybridized carbons (Fsp3) is 0.412. The zero-order chi connectivity index (χ0) is 17.4. The smallest absolute Gasteiger partial charge is 0.191 e. The fourth-order valence-corrected chi connectivity index (χ4v) is 2.10. The van der Waals surface area contributed by atoms with E-state index >= 15 is 0 Å². The molecule has 0 aliphatic heterocycles. The van der Waals surface area contributed by atoms with Crippen LogP contribution in [0.3, 0.4) is 0 Å². The lowest BCUT2D eigenvalue weighted by atomic mass is 10.3. The number of hydrogen-bond donors (Lipinski definition) is 2. The second-order valence-electron chi connectivity index (χ2n) is 5.46. The highest BCUT2D eigenvalue weighted by atomic mass is 127. The van der Waals surface area contributed by atoms with Crippen LogP contribution in [0.4, 0.5) is 4.39 Å². The normalized spacial score (nSPS) is 12.2. The third-order valence-corrected chi connectivity index (χ3v) is 3.24. The van der Waals surface area contributed by atoms with Crippen LogP contribution >= 0.6 is 24.0 Å². The Hall–Kier alpha value is -1.84. The highest BCUT2D eigenvalue weighted by Gasteiger charge is 2.09. The number of rotatable bonds is 7. The molecule has 0 saturated carbocycles. The maximum atomic E-state index is 13.6. The van der Waals surface area contributed by atoms with Crippen molar-refractivity contribution in [2.75, 3.05) is 13.1 Å². The van der Waals surface area contributed by atoms with Gasteiger partial charge in [0.25, 0.3) is 0 Å².